The van der Waals surface area contributed by atoms with E-state index in [2.05, 4.69) is 0 Å². The van der Waals surface area contributed by atoms with Crippen molar-refractivity contribution in [3.63, 3.8) is 0 Å². The molecule has 0 aliphatic carbocycles. The molecule has 7 nitrogen and oxygen atoms in total. The Kier molecular flexibility index (Phi) is 7.10. The van der Waals surface area contributed by atoms with E-state index in [1.807, 2.05) is 0 Å². The molecule has 0 radical (unpaired) electrons. The molecular weight excluding hydrogens is 447 g/mol. The number of Topliss-reactive ketones (excluding diaryl/α,β-unsaturated/α-hetero) is 1. The second kappa shape index (κ2) is 9.44. The van der Waals surface area contributed by atoms with Crippen LogP contribution in [0.15, 0.2) is 41.3 Å². The van der Waals surface area contributed by atoms with Crippen LogP contribution >= 0.6 is 11.6 Å². The van der Waals surface area contributed by atoms with Gasteiger partial charge in [-0.3, -0.25) is 9.59 Å². The summed E-state index contributed by atoms with van der Waals surface area (Å²) in [6.07, 6.45) is 0.392. The molecule has 31 heavy (non-hydrogen) atoms. The molecule has 2 aromatic rings. The number of rotatable bonds is 7. The number of methoxy groups -OCH3 is 1. The van der Waals surface area contributed by atoms with Crippen molar-refractivity contribution in [3.8, 4) is 0 Å². The molecule has 0 bridgehead atoms. The van der Waals surface area contributed by atoms with Crippen LogP contribution in [0.5, 0.6) is 0 Å². The highest BCUT2D eigenvalue weighted by atomic mass is 35.5. The largest absolute Gasteiger partial charge is 0.385 e. The molecule has 0 saturated carbocycles. The predicted molar refractivity (Wildman–Crippen MR) is 115 cm³/mol. The molecule has 3 rings (SSSR count). The minimum Gasteiger partial charge on any atom is -0.385 e. The van der Waals surface area contributed by atoms with Gasteiger partial charge in [0.25, 0.3) is 0 Å². The number of amides is 1. The van der Waals surface area contributed by atoms with E-state index in [4.69, 9.17) is 22.1 Å². The Morgan fingerprint density at radius 1 is 1.29 bits per heavy atom. The van der Waals surface area contributed by atoms with E-state index < -0.39 is 39.1 Å². The van der Waals surface area contributed by atoms with Gasteiger partial charge in [0.05, 0.1) is 34.5 Å². The minimum absolute atomic E-state index is 0.0148. The van der Waals surface area contributed by atoms with Crippen molar-refractivity contribution in [2.45, 2.75) is 30.3 Å². The number of benzene rings is 2. The molecule has 2 aromatic carbocycles. The van der Waals surface area contributed by atoms with Crippen LogP contribution in [0.25, 0.3) is 0 Å². The van der Waals surface area contributed by atoms with Gasteiger partial charge in [-0.15, -0.1) is 0 Å². The average Bonchev–Trinajstić information content (AvgIpc) is 2.78. The van der Waals surface area contributed by atoms with Gasteiger partial charge in [-0.1, -0.05) is 23.7 Å². The zero-order chi connectivity index (χ0) is 22.8. The summed E-state index contributed by atoms with van der Waals surface area (Å²) >= 11 is 5.91. The second-order valence-electron chi connectivity index (χ2n) is 7.26. The first kappa shape index (κ1) is 23.3. The van der Waals surface area contributed by atoms with Gasteiger partial charge in [-0.05, 0) is 36.2 Å². The summed E-state index contributed by atoms with van der Waals surface area (Å²) in [6.45, 7) is 0.303. The lowest BCUT2D eigenvalue weighted by atomic mass is 10.0. The fourth-order valence-corrected chi connectivity index (χ4v) is 5.07. The number of carbonyl (C=O) groups excluding carboxylic acids is 2. The number of hydrogen-bond donors (Lipinski definition) is 1. The molecule has 1 heterocycles. The number of nitrogens with two attached hydrogens (primary N) is 1. The molecule has 1 amide bonds. The molecule has 0 unspecified atom stereocenters. The molecular formula is C21H22ClFN2O5S. The summed E-state index contributed by atoms with van der Waals surface area (Å²) in [5.41, 5.74) is 6.16. The fraction of sp³-hybridized carbons (Fsp3) is 0.333. The second-order valence-corrected chi connectivity index (χ2v) is 9.70. The first-order valence-corrected chi connectivity index (χ1v) is 11.6. The van der Waals surface area contributed by atoms with E-state index in [1.54, 1.807) is 24.3 Å². The Morgan fingerprint density at radius 2 is 1.97 bits per heavy atom. The molecule has 0 fully saturated rings. The minimum atomic E-state index is -4.06. The van der Waals surface area contributed by atoms with Crippen LogP contribution in [0.1, 0.15) is 28.8 Å². The van der Waals surface area contributed by atoms with Gasteiger partial charge >= 0.3 is 0 Å². The van der Waals surface area contributed by atoms with Crippen LogP contribution in [0, 0.1) is 5.82 Å². The zero-order valence-corrected chi connectivity index (χ0v) is 18.4. The van der Waals surface area contributed by atoms with Crippen molar-refractivity contribution >= 4 is 38.8 Å². The van der Waals surface area contributed by atoms with Crippen LogP contribution in [0.2, 0.25) is 5.02 Å². The predicted octanol–water partition coefficient (Wildman–Crippen LogP) is 2.74. The topological polar surface area (TPSA) is 107 Å². The van der Waals surface area contributed by atoms with Gasteiger partial charge in [-0.2, -0.15) is 0 Å². The Hall–Kier alpha value is -2.33. The highest BCUT2D eigenvalue weighted by Crippen LogP contribution is 2.34. The summed E-state index contributed by atoms with van der Waals surface area (Å²) in [6, 6.07) is 7.23. The molecule has 166 valence electrons. The van der Waals surface area contributed by atoms with Crippen LogP contribution < -0.4 is 10.6 Å². The molecule has 1 aliphatic heterocycles. The van der Waals surface area contributed by atoms with Crippen molar-refractivity contribution in [1.29, 1.82) is 0 Å². The summed E-state index contributed by atoms with van der Waals surface area (Å²) in [4.78, 5) is 26.3. The molecule has 1 aliphatic rings. The molecule has 0 spiro atoms. The van der Waals surface area contributed by atoms with Gasteiger partial charge in [0.1, 0.15) is 5.82 Å². The Bertz CT molecular complexity index is 1110. The molecule has 2 N–H and O–H groups in total. The van der Waals surface area contributed by atoms with Gasteiger partial charge in [0.15, 0.2) is 15.6 Å². The third-order valence-electron chi connectivity index (χ3n) is 4.96. The van der Waals surface area contributed by atoms with E-state index in [-0.39, 0.29) is 29.1 Å². The molecule has 0 aromatic heterocycles. The smallest absolute Gasteiger partial charge is 0.245 e. The third-order valence-corrected chi connectivity index (χ3v) is 7.01. The number of carbonyl (C=O) groups is 2. The van der Waals surface area contributed by atoms with Gasteiger partial charge in [0.2, 0.25) is 5.91 Å². The highest BCUT2D eigenvalue weighted by Gasteiger charge is 2.37. The SMILES string of the molecule is COCCCC(=O)c1cc2c(cc1F)S(=O)(=O)C[C@H](N)C(=O)N2Cc1ccc(Cl)cc1. The summed E-state index contributed by atoms with van der Waals surface area (Å²) in [5.74, 6) is -2.76. The number of sulfone groups is 1. The van der Waals surface area contributed by atoms with Crippen molar-refractivity contribution in [3.05, 3.63) is 58.4 Å². The number of nitrogens with zero attached hydrogens (tertiary/aromatic N) is 1. The molecule has 1 atom stereocenters. The highest BCUT2D eigenvalue weighted by molar-refractivity contribution is 7.91. The number of halogens is 2. The first-order valence-electron chi connectivity index (χ1n) is 9.54. The van der Waals surface area contributed by atoms with Gasteiger partial charge in [-0.25, -0.2) is 12.8 Å². The number of anilines is 1. The zero-order valence-electron chi connectivity index (χ0n) is 16.8. The van der Waals surface area contributed by atoms with E-state index in [9.17, 15) is 22.4 Å². The third kappa shape index (κ3) is 5.12. The number of fused-ring (bicyclic) bond motifs is 1. The molecule has 0 saturated heterocycles. The molecule has 10 heteroatoms. The number of hydrogen-bond acceptors (Lipinski definition) is 6. The maximum atomic E-state index is 14.7. The van der Waals surface area contributed by atoms with Crippen LogP contribution in [0.4, 0.5) is 10.1 Å². The average molecular weight is 469 g/mol. The fourth-order valence-electron chi connectivity index (χ4n) is 3.38. The number of ketones is 1. The summed E-state index contributed by atoms with van der Waals surface area (Å²) < 4.78 is 45.2. The summed E-state index contributed by atoms with van der Waals surface area (Å²) in [7, 11) is -2.57. The van der Waals surface area contributed by atoms with E-state index in [0.717, 1.165) is 12.1 Å². The van der Waals surface area contributed by atoms with E-state index in [1.165, 1.54) is 12.0 Å². The Balaban J connectivity index is 2.11. The maximum Gasteiger partial charge on any atom is 0.245 e. The maximum absolute atomic E-state index is 14.7. The van der Waals surface area contributed by atoms with Crippen molar-refractivity contribution in [1.82, 2.24) is 0 Å². The lowest BCUT2D eigenvalue weighted by molar-refractivity contribution is -0.119. The van der Waals surface area contributed by atoms with Crippen LogP contribution in [0.3, 0.4) is 0 Å². The van der Waals surface area contributed by atoms with Crippen molar-refractivity contribution < 1.29 is 27.1 Å². The van der Waals surface area contributed by atoms with Gasteiger partial charge < -0.3 is 15.4 Å². The normalized spacial score (nSPS) is 17.9. The van der Waals surface area contributed by atoms with Crippen molar-refractivity contribution in [2.24, 2.45) is 5.73 Å². The Labute approximate surface area is 184 Å². The standard InChI is InChI=1S/C21H22ClFN2O5S/c1-30-8-2-3-19(26)15-9-18-20(10-16(15)23)31(28,29)12-17(24)21(27)25(18)11-13-4-6-14(22)7-5-13/h4-7,9-10,17H,2-3,8,11-12,24H2,1H3/t17-/m0/s1. The van der Waals surface area contributed by atoms with Crippen LogP contribution in [-0.4, -0.2) is 45.6 Å². The van der Waals surface area contributed by atoms with Gasteiger partial charge in [0, 0.05) is 25.2 Å². The Morgan fingerprint density at radius 3 is 2.61 bits per heavy atom. The lowest BCUT2D eigenvalue weighted by Crippen LogP contribution is -2.45. The first-order chi connectivity index (χ1) is 14.6. The van der Waals surface area contributed by atoms with E-state index in [0.29, 0.717) is 23.6 Å². The van der Waals surface area contributed by atoms with Crippen molar-refractivity contribution in [2.75, 3.05) is 24.4 Å². The lowest BCUT2D eigenvalue weighted by Gasteiger charge is -2.25. The monoisotopic (exact) mass is 468 g/mol. The van der Waals surface area contributed by atoms with Crippen LogP contribution in [-0.2, 0) is 25.9 Å². The number of ether oxygens (including phenoxy) is 1. The summed E-state index contributed by atoms with van der Waals surface area (Å²) in [5, 5.41) is 0.497. The van der Waals surface area contributed by atoms with E-state index >= 15 is 0 Å². The quantitative estimate of drug-likeness (QED) is 0.494.